The second kappa shape index (κ2) is 10.6. The average molecular weight is 346 g/mol. The van der Waals surface area contributed by atoms with Crippen molar-refractivity contribution in [2.24, 2.45) is 11.7 Å². The van der Waals surface area contributed by atoms with Crippen LogP contribution in [0.2, 0.25) is 0 Å². The molecule has 0 aromatic carbocycles. The number of amides is 3. The summed E-state index contributed by atoms with van der Waals surface area (Å²) >= 11 is 0. The molecular formula is C14H26N4O6. The van der Waals surface area contributed by atoms with Crippen molar-refractivity contribution in [1.29, 1.82) is 0 Å². The Hall–Kier alpha value is -2.20. The number of carboxylic acids is 1. The third-order valence-corrected chi connectivity index (χ3v) is 3.05. The Balaban J connectivity index is 4.36. The number of carbonyl (C=O) groups excluding carboxylic acids is 3. The van der Waals surface area contributed by atoms with Crippen LogP contribution < -0.4 is 21.7 Å². The van der Waals surface area contributed by atoms with E-state index in [0.717, 1.165) is 0 Å². The van der Waals surface area contributed by atoms with Crippen LogP contribution >= 0.6 is 0 Å². The van der Waals surface area contributed by atoms with Crippen molar-refractivity contribution in [2.45, 2.75) is 45.3 Å². The molecule has 3 unspecified atom stereocenters. The van der Waals surface area contributed by atoms with Gasteiger partial charge >= 0.3 is 5.97 Å². The molecular weight excluding hydrogens is 320 g/mol. The molecule has 0 bridgehead atoms. The van der Waals surface area contributed by atoms with Gasteiger partial charge in [-0.05, 0) is 19.3 Å². The number of nitrogens with two attached hydrogens (primary N) is 1. The summed E-state index contributed by atoms with van der Waals surface area (Å²) in [6, 6.07) is -3.14. The second-order valence-corrected chi connectivity index (χ2v) is 5.83. The first-order valence-corrected chi connectivity index (χ1v) is 7.55. The van der Waals surface area contributed by atoms with Crippen molar-refractivity contribution in [3.8, 4) is 0 Å². The SMILES string of the molecule is CC(C)CC(NC(=O)CNC(=O)C(C)NC(=O)C(N)CO)C(=O)O. The number of carbonyl (C=O) groups is 4. The average Bonchev–Trinajstić information content (AvgIpc) is 2.50. The minimum atomic E-state index is -1.15. The Kier molecular flexibility index (Phi) is 9.58. The van der Waals surface area contributed by atoms with E-state index in [1.165, 1.54) is 6.92 Å². The first kappa shape index (κ1) is 21.8. The van der Waals surface area contributed by atoms with Crippen molar-refractivity contribution in [1.82, 2.24) is 16.0 Å². The van der Waals surface area contributed by atoms with E-state index < -0.39 is 55.0 Å². The van der Waals surface area contributed by atoms with Gasteiger partial charge in [0.25, 0.3) is 0 Å². The quantitative estimate of drug-likeness (QED) is 0.255. The number of aliphatic hydroxyl groups excluding tert-OH is 1. The van der Waals surface area contributed by atoms with E-state index in [4.69, 9.17) is 15.9 Å². The highest BCUT2D eigenvalue weighted by Gasteiger charge is 2.23. The lowest BCUT2D eigenvalue weighted by atomic mass is 10.0. The number of aliphatic carboxylic acids is 1. The highest BCUT2D eigenvalue weighted by Crippen LogP contribution is 2.04. The Morgan fingerprint density at radius 1 is 1.04 bits per heavy atom. The van der Waals surface area contributed by atoms with E-state index in [1.807, 2.05) is 13.8 Å². The van der Waals surface area contributed by atoms with Crippen LogP contribution in [0, 0.1) is 5.92 Å². The predicted octanol–water partition coefficient (Wildman–Crippen LogP) is -2.46. The Bertz CT molecular complexity index is 468. The molecule has 0 saturated heterocycles. The van der Waals surface area contributed by atoms with Gasteiger partial charge in [0.15, 0.2) is 0 Å². The van der Waals surface area contributed by atoms with Gasteiger partial charge in [-0.2, -0.15) is 0 Å². The van der Waals surface area contributed by atoms with Crippen LogP contribution in [-0.4, -0.2) is 65.2 Å². The topological polar surface area (TPSA) is 171 Å². The van der Waals surface area contributed by atoms with E-state index in [-0.39, 0.29) is 12.3 Å². The minimum Gasteiger partial charge on any atom is -0.480 e. The fraction of sp³-hybridized carbons (Fsp3) is 0.714. The number of hydrogen-bond acceptors (Lipinski definition) is 6. The summed E-state index contributed by atoms with van der Waals surface area (Å²) in [5.41, 5.74) is 5.30. The Morgan fingerprint density at radius 3 is 2.08 bits per heavy atom. The summed E-state index contributed by atoms with van der Waals surface area (Å²) in [4.78, 5) is 46.0. The van der Waals surface area contributed by atoms with E-state index >= 15 is 0 Å². The predicted molar refractivity (Wildman–Crippen MR) is 84.7 cm³/mol. The van der Waals surface area contributed by atoms with Crippen molar-refractivity contribution in [3.63, 3.8) is 0 Å². The molecule has 138 valence electrons. The van der Waals surface area contributed by atoms with Crippen LogP contribution in [-0.2, 0) is 19.2 Å². The lowest BCUT2D eigenvalue weighted by molar-refractivity contribution is -0.142. The van der Waals surface area contributed by atoms with Crippen LogP contribution in [0.25, 0.3) is 0 Å². The molecule has 7 N–H and O–H groups in total. The van der Waals surface area contributed by atoms with Gasteiger partial charge in [-0.15, -0.1) is 0 Å². The highest BCUT2D eigenvalue weighted by molar-refractivity contribution is 5.92. The molecule has 3 atom stereocenters. The van der Waals surface area contributed by atoms with Gasteiger partial charge in [0.05, 0.1) is 13.2 Å². The minimum absolute atomic E-state index is 0.0759. The molecule has 0 radical (unpaired) electrons. The molecule has 0 heterocycles. The van der Waals surface area contributed by atoms with Crippen LogP contribution in [0.4, 0.5) is 0 Å². The van der Waals surface area contributed by atoms with Crippen molar-refractivity contribution >= 4 is 23.7 Å². The molecule has 24 heavy (non-hydrogen) atoms. The molecule has 3 amide bonds. The lowest BCUT2D eigenvalue weighted by Gasteiger charge is -2.18. The number of carboxylic acid groups (broad SMARTS) is 1. The van der Waals surface area contributed by atoms with Crippen LogP contribution in [0.5, 0.6) is 0 Å². The van der Waals surface area contributed by atoms with Gasteiger partial charge in [0.1, 0.15) is 18.1 Å². The number of aliphatic hydroxyl groups is 1. The maximum Gasteiger partial charge on any atom is 0.326 e. The van der Waals surface area contributed by atoms with E-state index in [2.05, 4.69) is 16.0 Å². The van der Waals surface area contributed by atoms with Crippen molar-refractivity contribution < 1.29 is 29.4 Å². The summed E-state index contributed by atoms with van der Waals surface area (Å²) in [6.07, 6.45) is 0.264. The smallest absolute Gasteiger partial charge is 0.326 e. The zero-order chi connectivity index (χ0) is 18.9. The van der Waals surface area contributed by atoms with E-state index in [9.17, 15) is 19.2 Å². The number of nitrogens with one attached hydrogen (secondary N) is 3. The molecule has 10 heteroatoms. The van der Waals surface area contributed by atoms with Crippen molar-refractivity contribution in [2.75, 3.05) is 13.2 Å². The number of rotatable bonds is 10. The number of hydrogen-bond donors (Lipinski definition) is 6. The molecule has 0 aromatic rings. The molecule has 0 rings (SSSR count). The Labute approximate surface area is 140 Å². The van der Waals surface area contributed by atoms with E-state index in [1.54, 1.807) is 0 Å². The molecule has 0 aliphatic rings. The zero-order valence-corrected chi connectivity index (χ0v) is 14.0. The summed E-state index contributed by atoms with van der Waals surface area (Å²) in [5, 5.41) is 24.6. The normalized spacial score (nSPS) is 14.4. The van der Waals surface area contributed by atoms with Gasteiger partial charge < -0.3 is 31.9 Å². The first-order chi connectivity index (χ1) is 11.1. The van der Waals surface area contributed by atoms with E-state index in [0.29, 0.717) is 0 Å². The third kappa shape index (κ3) is 8.44. The van der Waals surface area contributed by atoms with Gasteiger partial charge in [-0.3, -0.25) is 14.4 Å². The highest BCUT2D eigenvalue weighted by atomic mass is 16.4. The van der Waals surface area contributed by atoms with Gasteiger partial charge in [0.2, 0.25) is 17.7 Å². The maximum absolute atomic E-state index is 11.8. The zero-order valence-electron chi connectivity index (χ0n) is 14.0. The molecule has 0 aliphatic heterocycles. The van der Waals surface area contributed by atoms with Crippen LogP contribution in [0.15, 0.2) is 0 Å². The molecule has 0 aliphatic carbocycles. The monoisotopic (exact) mass is 346 g/mol. The molecule has 0 fully saturated rings. The first-order valence-electron chi connectivity index (χ1n) is 7.55. The summed E-state index contributed by atoms with van der Waals surface area (Å²) < 4.78 is 0. The summed E-state index contributed by atoms with van der Waals surface area (Å²) in [5.74, 6) is -3.07. The van der Waals surface area contributed by atoms with Gasteiger partial charge in [0, 0.05) is 0 Å². The summed E-state index contributed by atoms with van der Waals surface area (Å²) in [7, 11) is 0. The second-order valence-electron chi connectivity index (χ2n) is 5.83. The van der Waals surface area contributed by atoms with Gasteiger partial charge in [-0.25, -0.2) is 4.79 Å². The third-order valence-electron chi connectivity index (χ3n) is 3.05. The summed E-state index contributed by atoms with van der Waals surface area (Å²) in [6.45, 7) is 4.05. The van der Waals surface area contributed by atoms with Crippen LogP contribution in [0.1, 0.15) is 27.2 Å². The molecule has 0 aromatic heterocycles. The Morgan fingerprint density at radius 2 is 1.62 bits per heavy atom. The fourth-order valence-corrected chi connectivity index (χ4v) is 1.73. The molecule has 0 saturated carbocycles. The largest absolute Gasteiger partial charge is 0.480 e. The standard InChI is InChI=1S/C14H26N4O6/c1-7(2)4-10(14(23)24)18-11(20)5-16-12(21)8(3)17-13(22)9(15)6-19/h7-10,19H,4-6,15H2,1-3H3,(H,16,21)(H,17,22)(H,18,20)(H,23,24). The molecule has 0 spiro atoms. The van der Waals surface area contributed by atoms with Crippen LogP contribution in [0.3, 0.4) is 0 Å². The molecule has 10 nitrogen and oxygen atoms in total. The fourth-order valence-electron chi connectivity index (χ4n) is 1.73. The maximum atomic E-state index is 11.8. The van der Waals surface area contributed by atoms with Gasteiger partial charge in [-0.1, -0.05) is 13.8 Å². The van der Waals surface area contributed by atoms with Crippen molar-refractivity contribution in [3.05, 3.63) is 0 Å². The lowest BCUT2D eigenvalue weighted by Crippen LogP contribution is -2.53.